The van der Waals surface area contributed by atoms with Crippen LogP contribution in [0.4, 0.5) is 0 Å². The van der Waals surface area contributed by atoms with Crippen LogP contribution in [0.2, 0.25) is 0 Å². The summed E-state index contributed by atoms with van der Waals surface area (Å²) < 4.78 is 17.3. The number of epoxide rings is 1. The average Bonchev–Trinajstić information content (AvgIpc) is 3.06. The van der Waals surface area contributed by atoms with Gasteiger partial charge in [-0.3, -0.25) is 0 Å². The Morgan fingerprint density at radius 1 is 0.824 bits per heavy atom. The number of fused-ring (bicyclic) bond motifs is 3. The van der Waals surface area contributed by atoms with E-state index in [4.69, 9.17) is 13.8 Å². The molecular formula is C12H20O3P2. The minimum Gasteiger partial charge on any atom is -0.374 e. The summed E-state index contributed by atoms with van der Waals surface area (Å²) in [5.74, 6) is 0. The molecule has 0 radical (unpaired) electrons. The SMILES string of the molecule is C1CC(POPC2CCC3OC3C2)C2CC1O2. The van der Waals surface area contributed by atoms with E-state index < -0.39 is 0 Å². The maximum Gasteiger partial charge on any atom is 0.0848 e. The molecule has 8 atom stereocenters. The van der Waals surface area contributed by atoms with Gasteiger partial charge in [-0.05, 0) is 32.1 Å². The van der Waals surface area contributed by atoms with Crippen molar-refractivity contribution in [3.63, 3.8) is 0 Å². The highest BCUT2D eigenvalue weighted by atomic mass is 31.2. The fourth-order valence-corrected chi connectivity index (χ4v) is 6.14. The van der Waals surface area contributed by atoms with Gasteiger partial charge in [0.05, 0.1) is 24.4 Å². The highest BCUT2D eigenvalue weighted by molar-refractivity contribution is 7.47. The molecule has 5 rings (SSSR count). The summed E-state index contributed by atoms with van der Waals surface area (Å²) in [7, 11) is 1.38. The maximum absolute atomic E-state index is 5.99. The average molecular weight is 274 g/mol. The van der Waals surface area contributed by atoms with Gasteiger partial charge in [0.2, 0.25) is 0 Å². The zero-order chi connectivity index (χ0) is 11.2. The molecule has 3 heterocycles. The van der Waals surface area contributed by atoms with Crippen molar-refractivity contribution in [3.8, 4) is 0 Å². The van der Waals surface area contributed by atoms with Crippen LogP contribution in [0.5, 0.6) is 0 Å². The van der Waals surface area contributed by atoms with Gasteiger partial charge in [-0.25, -0.2) is 0 Å². The molecule has 2 aliphatic carbocycles. The van der Waals surface area contributed by atoms with E-state index in [-0.39, 0.29) is 0 Å². The van der Waals surface area contributed by atoms with E-state index >= 15 is 0 Å². The van der Waals surface area contributed by atoms with Crippen LogP contribution in [0.3, 0.4) is 0 Å². The molecule has 0 amide bonds. The predicted octanol–water partition coefficient (Wildman–Crippen LogP) is 2.83. The van der Waals surface area contributed by atoms with Gasteiger partial charge in [-0.15, -0.1) is 0 Å². The lowest BCUT2D eigenvalue weighted by Crippen LogP contribution is -2.48. The highest BCUT2D eigenvalue weighted by Crippen LogP contribution is 2.49. The van der Waals surface area contributed by atoms with Crippen LogP contribution in [0.25, 0.3) is 0 Å². The van der Waals surface area contributed by atoms with Gasteiger partial charge in [0.15, 0.2) is 0 Å². The van der Waals surface area contributed by atoms with E-state index in [1.807, 2.05) is 0 Å². The Morgan fingerprint density at radius 2 is 1.76 bits per heavy atom. The van der Waals surface area contributed by atoms with Gasteiger partial charge >= 0.3 is 0 Å². The molecule has 5 heteroatoms. The Balaban J connectivity index is 1.18. The van der Waals surface area contributed by atoms with Crippen molar-refractivity contribution in [2.24, 2.45) is 0 Å². The molecule has 3 nitrogen and oxygen atoms in total. The molecule has 0 aromatic carbocycles. The van der Waals surface area contributed by atoms with Gasteiger partial charge in [-0.1, -0.05) is 0 Å². The van der Waals surface area contributed by atoms with Crippen molar-refractivity contribution >= 4 is 17.6 Å². The lowest BCUT2D eigenvalue weighted by molar-refractivity contribution is -0.152. The normalized spacial score (nSPS) is 52.9. The molecule has 0 N–H and O–H groups in total. The van der Waals surface area contributed by atoms with Gasteiger partial charge in [0.1, 0.15) is 0 Å². The largest absolute Gasteiger partial charge is 0.374 e. The Labute approximate surface area is 106 Å². The minimum atomic E-state index is 0.541. The summed E-state index contributed by atoms with van der Waals surface area (Å²) in [5, 5.41) is 0. The molecule has 2 saturated carbocycles. The molecule has 96 valence electrons. The Bertz CT molecular complexity index is 293. The third kappa shape index (κ3) is 2.42. The van der Waals surface area contributed by atoms with E-state index in [1.54, 1.807) is 0 Å². The number of ether oxygens (including phenoxy) is 2. The Hall–Kier alpha value is 0.740. The molecule has 2 bridgehead atoms. The molecule has 5 fully saturated rings. The van der Waals surface area contributed by atoms with E-state index in [0.29, 0.717) is 47.7 Å². The number of hydrogen-bond donors (Lipinski definition) is 0. The fraction of sp³-hybridized carbons (Fsp3) is 1.00. The third-order valence-electron chi connectivity index (χ3n) is 4.55. The van der Waals surface area contributed by atoms with Crippen molar-refractivity contribution in [2.45, 2.75) is 74.3 Å². The lowest BCUT2D eigenvalue weighted by atomic mass is 9.88. The van der Waals surface area contributed by atoms with E-state index in [2.05, 4.69) is 0 Å². The second-order valence-corrected chi connectivity index (χ2v) is 8.62. The molecule has 3 saturated heterocycles. The van der Waals surface area contributed by atoms with Crippen LogP contribution >= 0.6 is 17.6 Å². The van der Waals surface area contributed by atoms with Gasteiger partial charge < -0.3 is 13.8 Å². The third-order valence-corrected chi connectivity index (χ3v) is 7.31. The summed E-state index contributed by atoms with van der Waals surface area (Å²) in [5.41, 5.74) is 1.49. The molecule has 0 aromatic rings. The van der Waals surface area contributed by atoms with Gasteiger partial charge in [0.25, 0.3) is 0 Å². The smallest absolute Gasteiger partial charge is 0.0848 e. The summed E-state index contributed by atoms with van der Waals surface area (Å²) in [6.45, 7) is 0. The van der Waals surface area contributed by atoms with Crippen molar-refractivity contribution in [1.82, 2.24) is 0 Å². The van der Waals surface area contributed by atoms with Crippen LogP contribution in [0.1, 0.15) is 38.5 Å². The first-order chi connectivity index (χ1) is 8.38. The summed E-state index contributed by atoms with van der Waals surface area (Å²) >= 11 is 0. The summed E-state index contributed by atoms with van der Waals surface area (Å²) in [6, 6.07) is 0. The van der Waals surface area contributed by atoms with Crippen molar-refractivity contribution in [2.75, 3.05) is 0 Å². The topological polar surface area (TPSA) is 31.0 Å². The molecule has 0 aromatic heterocycles. The van der Waals surface area contributed by atoms with Crippen molar-refractivity contribution in [1.29, 1.82) is 0 Å². The van der Waals surface area contributed by atoms with E-state index in [1.165, 1.54) is 38.5 Å². The Kier molecular flexibility index (Phi) is 3.19. The van der Waals surface area contributed by atoms with E-state index in [0.717, 1.165) is 5.66 Å². The summed E-state index contributed by atoms with van der Waals surface area (Å²) in [6.07, 6.45) is 10.1. The zero-order valence-corrected chi connectivity index (χ0v) is 11.9. The molecule has 5 aliphatic rings. The monoisotopic (exact) mass is 274 g/mol. The zero-order valence-electron chi connectivity index (χ0n) is 9.93. The molecular weight excluding hydrogens is 254 g/mol. The minimum absolute atomic E-state index is 0.541. The quantitative estimate of drug-likeness (QED) is 0.583. The van der Waals surface area contributed by atoms with Crippen molar-refractivity contribution < 1.29 is 13.8 Å². The lowest BCUT2D eigenvalue weighted by Gasteiger charge is -2.46. The fourth-order valence-electron chi connectivity index (χ4n) is 3.33. The van der Waals surface area contributed by atoms with Crippen LogP contribution in [0, 0.1) is 0 Å². The van der Waals surface area contributed by atoms with Crippen LogP contribution in [-0.2, 0) is 13.8 Å². The molecule has 3 aliphatic heterocycles. The van der Waals surface area contributed by atoms with Crippen LogP contribution < -0.4 is 0 Å². The van der Waals surface area contributed by atoms with Crippen LogP contribution in [0.15, 0.2) is 0 Å². The van der Waals surface area contributed by atoms with Crippen LogP contribution in [-0.4, -0.2) is 35.7 Å². The first-order valence-electron chi connectivity index (χ1n) is 6.86. The number of hydrogen-bond acceptors (Lipinski definition) is 3. The first kappa shape index (κ1) is 11.6. The standard InChI is InChI=1S/C12H20O3P2/c1-4-12(11-5-7(1)13-11)17-15-16-8-2-3-9-10(6-8)14-9/h7-12,16-17H,1-6H2. The van der Waals surface area contributed by atoms with Gasteiger partial charge in [-0.2, -0.15) is 0 Å². The second-order valence-electron chi connectivity index (χ2n) is 5.78. The molecule has 0 spiro atoms. The molecule has 8 unspecified atom stereocenters. The predicted molar refractivity (Wildman–Crippen MR) is 70.3 cm³/mol. The number of rotatable bonds is 4. The molecule has 17 heavy (non-hydrogen) atoms. The van der Waals surface area contributed by atoms with Crippen molar-refractivity contribution in [3.05, 3.63) is 0 Å². The highest BCUT2D eigenvalue weighted by Gasteiger charge is 2.44. The second kappa shape index (κ2) is 4.69. The van der Waals surface area contributed by atoms with Gasteiger partial charge in [0, 0.05) is 35.4 Å². The first-order valence-corrected chi connectivity index (χ1v) is 8.83. The van der Waals surface area contributed by atoms with E-state index in [9.17, 15) is 0 Å². The maximum atomic E-state index is 5.99. The Morgan fingerprint density at radius 3 is 2.53 bits per heavy atom. The summed E-state index contributed by atoms with van der Waals surface area (Å²) in [4.78, 5) is 0.